The molecule has 0 amide bonds. The average molecular weight is 359 g/mol. The monoisotopic (exact) mass is 358 g/mol. The highest BCUT2D eigenvalue weighted by Gasteiger charge is 2.03. The van der Waals surface area contributed by atoms with Gasteiger partial charge in [-0.2, -0.15) is 0 Å². The second-order valence-corrected chi connectivity index (χ2v) is 7.99. The van der Waals surface area contributed by atoms with E-state index in [4.69, 9.17) is 0 Å². The molecule has 0 atom stereocenters. The summed E-state index contributed by atoms with van der Waals surface area (Å²) in [5.41, 5.74) is 2.78. The van der Waals surface area contributed by atoms with Gasteiger partial charge < -0.3 is 10.2 Å². The lowest BCUT2D eigenvalue weighted by Crippen LogP contribution is -2.28. The van der Waals surface area contributed by atoms with Crippen molar-refractivity contribution in [1.29, 1.82) is 0 Å². The van der Waals surface area contributed by atoms with Crippen molar-refractivity contribution in [2.24, 2.45) is 0 Å². The van der Waals surface area contributed by atoms with Gasteiger partial charge in [0.25, 0.3) is 0 Å². The Hall–Kier alpha value is -0.200. The minimum atomic E-state index is 0.987. The summed E-state index contributed by atoms with van der Waals surface area (Å²) < 4.78 is 1.21. The fourth-order valence-corrected chi connectivity index (χ4v) is 3.95. The molecule has 1 N–H and O–H groups in total. The lowest BCUT2D eigenvalue weighted by Gasteiger charge is -2.16. The molecule has 2 rings (SSSR count). The molecule has 0 unspecified atom stereocenters. The van der Waals surface area contributed by atoms with Crippen LogP contribution in [0.15, 0.2) is 26.7 Å². The smallest absolute Gasteiger partial charge is 0.0701 e. The zero-order valence-electron chi connectivity index (χ0n) is 11.3. The lowest BCUT2D eigenvalue weighted by molar-refractivity contribution is 0.324. The molecule has 5 heteroatoms. The zero-order valence-corrected chi connectivity index (χ0v) is 14.5. The molecule has 0 aliphatic heterocycles. The molecule has 2 nitrogen and oxygen atoms in total. The summed E-state index contributed by atoms with van der Waals surface area (Å²) in [4.78, 5) is 3.80. The largest absolute Gasteiger partial charge is 0.311 e. The average Bonchev–Trinajstić information content (AvgIpc) is 2.94. The topological polar surface area (TPSA) is 15.3 Å². The molecule has 2 aromatic rings. The molecule has 19 heavy (non-hydrogen) atoms. The third-order valence-corrected chi connectivity index (χ3v) is 5.57. The molecule has 0 fully saturated rings. The normalized spacial score (nSPS) is 11.4. The Morgan fingerprint density at radius 1 is 1.37 bits per heavy atom. The highest BCUT2D eigenvalue weighted by molar-refractivity contribution is 9.11. The van der Waals surface area contributed by atoms with Gasteiger partial charge in [0.15, 0.2) is 0 Å². The van der Waals surface area contributed by atoms with E-state index in [2.05, 4.69) is 63.0 Å². The molecular formula is C14H19BrN2S2. The maximum Gasteiger partial charge on any atom is 0.0701 e. The van der Waals surface area contributed by atoms with Crippen molar-refractivity contribution < 1.29 is 0 Å². The van der Waals surface area contributed by atoms with E-state index in [1.165, 1.54) is 19.8 Å². The molecule has 104 valence electrons. The molecule has 0 aliphatic carbocycles. The SMILES string of the molecule is Cc1ccsc1CNCCN(C)Cc1csc(Br)c1. The van der Waals surface area contributed by atoms with Crippen LogP contribution in [0.25, 0.3) is 0 Å². The summed E-state index contributed by atoms with van der Waals surface area (Å²) in [5, 5.41) is 7.88. The van der Waals surface area contributed by atoms with Gasteiger partial charge in [-0.1, -0.05) is 0 Å². The number of likely N-dealkylation sites (N-methyl/N-ethyl adjacent to an activating group) is 1. The van der Waals surface area contributed by atoms with Crippen LogP contribution in [0.5, 0.6) is 0 Å². The number of aryl methyl sites for hydroxylation is 1. The molecule has 0 spiro atoms. The van der Waals surface area contributed by atoms with Crippen LogP contribution in [0, 0.1) is 6.92 Å². The summed E-state index contributed by atoms with van der Waals surface area (Å²) in [5.74, 6) is 0. The van der Waals surface area contributed by atoms with Crippen LogP contribution in [0.1, 0.15) is 16.0 Å². The minimum Gasteiger partial charge on any atom is -0.311 e. The third kappa shape index (κ3) is 5.00. The van der Waals surface area contributed by atoms with Crippen molar-refractivity contribution in [3.63, 3.8) is 0 Å². The van der Waals surface area contributed by atoms with Gasteiger partial charge in [0.05, 0.1) is 3.79 Å². The molecule has 0 saturated heterocycles. The van der Waals surface area contributed by atoms with Crippen molar-refractivity contribution in [1.82, 2.24) is 10.2 Å². The molecule has 0 saturated carbocycles. The van der Waals surface area contributed by atoms with Crippen LogP contribution in [0.2, 0.25) is 0 Å². The highest BCUT2D eigenvalue weighted by Crippen LogP contribution is 2.21. The zero-order chi connectivity index (χ0) is 13.7. The van der Waals surface area contributed by atoms with E-state index < -0.39 is 0 Å². The minimum absolute atomic E-state index is 0.987. The maximum absolute atomic E-state index is 3.51. The van der Waals surface area contributed by atoms with Crippen LogP contribution in [-0.4, -0.2) is 25.0 Å². The standard InChI is InChI=1S/C14H19BrN2S2/c1-11-3-6-18-13(11)8-16-4-5-17(2)9-12-7-14(15)19-10-12/h3,6-7,10,16H,4-5,8-9H2,1-2H3. The van der Waals surface area contributed by atoms with Crippen LogP contribution in [0.4, 0.5) is 0 Å². The van der Waals surface area contributed by atoms with Gasteiger partial charge in [0.1, 0.15) is 0 Å². The van der Waals surface area contributed by atoms with E-state index in [0.717, 1.165) is 26.2 Å². The van der Waals surface area contributed by atoms with E-state index >= 15 is 0 Å². The molecule has 0 aromatic carbocycles. The maximum atomic E-state index is 3.51. The third-order valence-electron chi connectivity index (χ3n) is 3.00. The van der Waals surface area contributed by atoms with E-state index in [9.17, 15) is 0 Å². The first kappa shape index (κ1) is 15.2. The molecular weight excluding hydrogens is 340 g/mol. The van der Waals surface area contributed by atoms with Crippen molar-refractivity contribution in [3.05, 3.63) is 42.7 Å². The second kappa shape index (κ2) is 7.55. The summed E-state index contributed by atoms with van der Waals surface area (Å²) in [6.45, 7) is 6.27. The summed E-state index contributed by atoms with van der Waals surface area (Å²) >= 11 is 7.09. The number of thiophene rings is 2. The van der Waals surface area contributed by atoms with Gasteiger partial charge in [-0.05, 0) is 63.9 Å². The Kier molecular flexibility index (Phi) is 6.04. The highest BCUT2D eigenvalue weighted by atomic mass is 79.9. The number of hydrogen-bond donors (Lipinski definition) is 1. The Morgan fingerprint density at radius 2 is 2.21 bits per heavy atom. The number of halogens is 1. The quantitative estimate of drug-likeness (QED) is 0.749. The fraction of sp³-hybridized carbons (Fsp3) is 0.429. The van der Waals surface area contributed by atoms with Crippen molar-refractivity contribution >= 4 is 38.6 Å². The van der Waals surface area contributed by atoms with Gasteiger partial charge in [0, 0.05) is 31.1 Å². The predicted octanol–water partition coefficient (Wildman–Crippen LogP) is 4.10. The van der Waals surface area contributed by atoms with Crippen molar-refractivity contribution in [2.45, 2.75) is 20.0 Å². The van der Waals surface area contributed by atoms with Crippen LogP contribution >= 0.6 is 38.6 Å². The van der Waals surface area contributed by atoms with Gasteiger partial charge >= 0.3 is 0 Å². The summed E-state index contributed by atoms with van der Waals surface area (Å²) in [6.07, 6.45) is 0. The number of hydrogen-bond acceptors (Lipinski definition) is 4. The van der Waals surface area contributed by atoms with Crippen molar-refractivity contribution in [2.75, 3.05) is 20.1 Å². The van der Waals surface area contributed by atoms with E-state index in [1.807, 2.05) is 11.3 Å². The van der Waals surface area contributed by atoms with E-state index in [1.54, 1.807) is 11.3 Å². The van der Waals surface area contributed by atoms with Gasteiger partial charge in [-0.3, -0.25) is 0 Å². The molecule has 0 radical (unpaired) electrons. The van der Waals surface area contributed by atoms with Gasteiger partial charge in [-0.15, -0.1) is 22.7 Å². The first-order valence-electron chi connectivity index (χ1n) is 6.30. The van der Waals surface area contributed by atoms with E-state index in [0.29, 0.717) is 0 Å². The number of nitrogens with one attached hydrogen (secondary N) is 1. The van der Waals surface area contributed by atoms with E-state index in [-0.39, 0.29) is 0 Å². The number of rotatable bonds is 7. The Morgan fingerprint density at radius 3 is 2.84 bits per heavy atom. The lowest BCUT2D eigenvalue weighted by atomic mass is 10.3. The molecule has 0 bridgehead atoms. The number of nitrogens with zero attached hydrogens (tertiary/aromatic N) is 1. The Labute approximate surface area is 131 Å². The first-order valence-corrected chi connectivity index (χ1v) is 8.85. The van der Waals surface area contributed by atoms with Crippen LogP contribution in [-0.2, 0) is 13.1 Å². The van der Waals surface area contributed by atoms with Gasteiger partial charge in [-0.25, -0.2) is 0 Å². The molecule has 2 aromatic heterocycles. The molecule has 0 aliphatic rings. The van der Waals surface area contributed by atoms with Crippen molar-refractivity contribution in [3.8, 4) is 0 Å². The van der Waals surface area contributed by atoms with Gasteiger partial charge in [0.2, 0.25) is 0 Å². The van der Waals surface area contributed by atoms with Crippen LogP contribution < -0.4 is 5.32 Å². The predicted molar refractivity (Wildman–Crippen MR) is 89.1 cm³/mol. The first-order chi connectivity index (χ1) is 9.15. The second-order valence-electron chi connectivity index (χ2n) is 4.70. The summed E-state index contributed by atoms with van der Waals surface area (Å²) in [7, 11) is 2.17. The van der Waals surface area contributed by atoms with Crippen LogP contribution in [0.3, 0.4) is 0 Å². The molecule has 2 heterocycles. The Balaban J connectivity index is 1.64. The fourth-order valence-electron chi connectivity index (χ4n) is 1.88. The summed E-state index contributed by atoms with van der Waals surface area (Å²) in [6, 6.07) is 4.38. The Bertz CT molecular complexity index is 507.